The van der Waals surface area contributed by atoms with Gasteiger partial charge in [-0.05, 0) is 30.5 Å². The number of carbonyl (C=O) groups is 1. The number of rotatable bonds is 5. The molecule has 3 nitrogen and oxygen atoms in total. The van der Waals surface area contributed by atoms with E-state index in [2.05, 4.69) is 6.07 Å². The number of Topliss-reactive ketones (excluding diaryl/α,β-unsaturated/α-hetero) is 1. The topological polar surface area (TPSA) is 50.1 Å². The van der Waals surface area contributed by atoms with Gasteiger partial charge in [0.05, 0.1) is 25.2 Å². The second-order valence-electron chi connectivity index (χ2n) is 7.19. The minimum absolute atomic E-state index is 0.219. The molecule has 0 N–H and O–H groups in total. The number of nitriles is 1. The third-order valence-corrected chi connectivity index (χ3v) is 5.16. The van der Waals surface area contributed by atoms with Crippen LogP contribution in [0.25, 0.3) is 0 Å². The Morgan fingerprint density at radius 1 is 1.12 bits per heavy atom. The van der Waals surface area contributed by atoms with Crippen LogP contribution in [-0.2, 0) is 9.53 Å². The quantitative estimate of drug-likeness (QED) is 0.615. The van der Waals surface area contributed by atoms with Gasteiger partial charge in [-0.25, -0.2) is 4.39 Å². The highest BCUT2D eigenvalue weighted by molar-refractivity contribution is 5.81. The van der Waals surface area contributed by atoms with Gasteiger partial charge in [0.2, 0.25) is 0 Å². The maximum Gasteiger partial charge on any atom is 0.138 e. The molecule has 0 aliphatic heterocycles. The standard InChI is InChI=1S/C22H30FNO2/c23-19-12-9-11-18(17-19)22(26-16-10-15-24)20-13-7-5-3-1-2-4-6-8-14-21(20)25/h9,11-12,17,20,22H,1-8,10,13-14,16H2/t20-,22+/m0/s1. The van der Waals surface area contributed by atoms with Gasteiger partial charge in [0, 0.05) is 12.3 Å². The molecule has 1 aliphatic carbocycles. The van der Waals surface area contributed by atoms with E-state index < -0.39 is 6.10 Å². The summed E-state index contributed by atoms with van der Waals surface area (Å²) < 4.78 is 19.7. The minimum Gasteiger partial charge on any atom is -0.372 e. The van der Waals surface area contributed by atoms with Crippen molar-refractivity contribution in [2.24, 2.45) is 5.92 Å². The Morgan fingerprint density at radius 2 is 1.81 bits per heavy atom. The monoisotopic (exact) mass is 359 g/mol. The van der Waals surface area contributed by atoms with Crippen LogP contribution in [0.4, 0.5) is 4.39 Å². The lowest BCUT2D eigenvalue weighted by Crippen LogP contribution is -2.25. The van der Waals surface area contributed by atoms with E-state index in [-0.39, 0.29) is 30.5 Å². The summed E-state index contributed by atoms with van der Waals surface area (Å²) in [5, 5.41) is 8.81. The first-order valence-electron chi connectivity index (χ1n) is 9.99. The lowest BCUT2D eigenvalue weighted by Gasteiger charge is -2.27. The van der Waals surface area contributed by atoms with Gasteiger partial charge in [-0.2, -0.15) is 5.26 Å². The van der Waals surface area contributed by atoms with Gasteiger partial charge in [0.1, 0.15) is 11.6 Å². The highest BCUT2D eigenvalue weighted by Crippen LogP contribution is 2.33. The van der Waals surface area contributed by atoms with Crippen molar-refractivity contribution in [1.82, 2.24) is 0 Å². The van der Waals surface area contributed by atoms with E-state index in [1.54, 1.807) is 6.07 Å². The predicted octanol–water partition coefficient (Wildman–Crippen LogP) is 5.90. The van der Waals surface area contributed by atoms with Crippen molar-refractivity contribution in [2.75, 3.05) is 6.61 Å². The van der Waals surface area contributed by atoms with E-state index in [1.165, 1.54) is 37.8 Å². The molecule has 0 heterocycles. The van der Waals surface area contributed by atoms with Crippen LogP contribution in [0.2, 0.25) is 0 Å². The van der Waals surface area contributed by atoms with Crippen LogP contribution in [0.3, 0.4) is 0 Å². The number of ether oxygens (including phenoxy) is 1. The van der Waals surface area contributed by atoms with Crippen LogP contribution in [0, 0.1) is 23.1 Å². The molecule has 4 heteroatoms. The van der Waals surface area contributed by atoms with Gasteiger partial charge in [0.25, 0.3) is 0 Å². The van der Waals surface area contributed by atoms with Crippen LogP contribution in [0.5, 0.6) is 0 Å². The first-order chi connectivity index (χ1) is 12.7. The van der Waals surface area contributed by atoms with Crippen LogP contribution in [-0.4, -0.2) is 12.4 Å². The van der Waals surface area contributed by atoms with Crippen molar-refractivity contribution in [1.29, 1.82) is 5.26 Å². The largest absolute Gasteiger partial charge is 0.372 e. The third-order valence-electron chi connectivity index (χ3n) is 5.16. The van der Waals surface area contributed by atoms with E-state index in [9.17, 15) is 9.18 Å². The number of hydrogen-bond acceptors (Lipinski definition) is 3. The summed E-state index contributed by atoms with van der Waals surface area (Å²) >= 11 is 0. The molecule has 0 aromatic heterocycles. The van der Waals surface area contributed by atoms with E-state index in [0.717, 1.165) is 32.1 Å². The van der Waals surface area contributed by atoms with Gasteiger partial charge in [0.15, 0.2) is 0 Å². The molecule has 1 saturated carbocycles. The zero-order valence-corrected chi connectivity index (χ0v) is 15.6. The first-order valence-corrected chi connectivity index (χ1v) is 9.99. The van der Waals surface area contributed by atoms with Gasteiger partial charge in [-0.1, -0.05) is 57.1 Å². The molecule has 0 bridgehead atoms. The SMILES string of the molecule is N#CCCO[C@H](c1cccc(F)c1)[C@H]1CCCCCCCCCCC1=O. The van der Waals surface area contributed by atoms with E-state index in [1.807, 2.05) is 6.07 Å². The molecule has 1 aliphatic rings. The molecule has 0 saturated heterocycles. The molecule has 26 heavy (non-hydrogen) atoms. The van der Waals surface area contributed by atoms with Crippen molar-refractivity contribution < 1.29 is 13.9 Å². The fourth-order valence-corrected chi connectivity index (χ4v) is 3.75. The molecule has 0 amide bonds. The van der Waals surface area contributed by atoms with E-state index in [4.69, 9.17) is 10.00 Å². The zero-order chi connectivity index (χ0) is 18.6. The van der Waals surface area contributed by atoms with Crippen LogP contribution < -0.4 is 0 Å². The molecular weight excluding hydrogens is 329 g/mol. The minimum atomic E-state index is -0.463. The Balaban J connectivity index is 2.18. The van der Waals surface area contributed by atoms with Crippen LogP contribution in [0.15, 0.2) is 24.3 Å². The zero-order valence-electron chi connectivity index (χ0n) is 15.6. The molecule has 1 fully saturated rings. The molecule has 0 spiro atoms. The number of hydrogen-bond donors (Lipinski definition) is 0. The molecule has 2 atom stereocenters. The normalized spacial score (nSPS) is 21.2. The number of halogens is 1. The summed E-state index contributed by atoms with van der Waals surface area (Å²) in [7, 11) is 0. The maximum atomic E-state index is 13.8. The Kier molecular flexibility index (Phi) is 9.34. The molecule has 0 radical (unpaired) electrons. The molecule has 142 valence electrons. The molecule has 1 aromatic rings. The average Bonchev–Trinajstić information content (AvgIpc) is 2.63. The highest BCUT2D eigenvalue weighted by Gasteiger charge is 2.30. The summed E-state index contributed by atoms with van der Waals surface area (Å²) in [6, 6.07) is 8.41. The number of benzene rings is 1. The number of ketones is 1. The van der Waals surface area contributed by atoms with Gasteiger partial charge in [-0.3, -0.25) is 4.79 Å². The lowest BCUT2D eigenvalue weighted by atomic mass is 9.84. The summed E-state index contributed by atoms with van der Waals surface area (Å²) in [5.41, 5.74) is 0.702. The van der Waals surface area contributed by atoms with Crippen LogP contribution in [0.1, 0.15) is 82.3 Å². The maximum absolute atomic E-state index is 13.8. The van der Waals surface area contributed by atoms with Gasteiger partial charge >= 0.3 is 0 Å². The van der Waals surface area contributed by atoms with Gasteiger partial charge < -0.3 is 4.74 Å². The fourth-order valence-electron chi connectivity index (χ4n) is 3.75. The summed E-state index contributed by atoms with van der Waals surface area (Å²) in [4.78, 5) is 12.9. The second kappa shape index (κ2) is 11.8. The Hall–Kier alpha value is -1.73. The third kappa shape index (κ3) is 6.88. The van der Waals surface area contributed by atoms with Crippen molar-refractivity contribution in [3.8, 4) is 6.07 Å². The Morgan fingerprint density at radius 3 is 2.50 bits per heavy atom. The summed E-state index contributed by atoms with van der Waals surface area (Å²) in [6.45, 7) is 0.265. The second-order valence-corrected chi connectivity index (χ2v) is 7.19. The molecule has 0 unspecified atom stereocenters. The van der Waals surface area contributed by atoms with E-state index in [0.29, 0.717) is 12.0 Å². The Bertz CT molecular complexity index is 596. The Labute approximate surface area is 156 Å². The van der Waals surface area contributed by atoms with Crippen molar-refractivity contribution >= 4 is 5.78 Å². The molecule has 1 aromatic carbocycles. The number of nitrogens with zero attached hydrogens (tertiary/aromatic N) is 1. The molecular formula is C22H30FNO2. The van der Waals surface area contributed by atoms with Crippen molar-refractivity contribution in [3.63, 3.8) is 0 Å². The predicted molar refractivity (Wildman–Crippen MR) is 100.0 cm³/mol. The molecule has 2 rings (SSSR count). The van der Waals surface area contributed by atoms with Crippen molar-refractivity contribution in [3.05, 3.63) is 35.6 Å². The summed E-state index contributed by atoms with van der Waals surface area (Å²) in [6.07, 6.45) is 10.2. The van der Waals surface area contributed by atoms with Gasteiger partial charge in [-0.15, -0.1) is 0 Å². The average molecular weight is 359 g/mol. The lowest BCUT2D eigenvalue weighted by molar-refractivity contribution is -0.129. The fraction of sp³-hybridized carbons (Fsp3) is 0.636. The first kappa shape index (κ1) is 20.6. The smallest absolute Gasteiger partial charge is 0.138 e. The van der Waals surface area contributed by atoms with Crippen molar-refractivity contribution in [2.45, 2.75) is 76.7 Å². The van der Waals surface area contributed by atoms with E-state index >= 15 is 0 Å². The number of carbonyl (C=O) groups excluding carboxylic acids is 1. The summed E-state index contributed by atoms with van der Waals surface area (Å²) in [5.74, 6) is -0.358. The highest BCUT2D eigenvalue weighted by atomic mass is 19.1. The van der Waals surface area contributed by atoms with Crippen LogP contribution >= 0.6 is 0 Å².